The number of pyridine rings is 1. The number of hydrogen-bond donors (Lipinski definition) is 2. The highest BCUT2D eigenvalue weighted by Gasteiger charge is 2.48. The molecule has 2 aromatic heterocycles. The first-order valence-electron chi connectivity index (χ1n) is 14.1. The fourth-order valence-corrected chi connectivity index (χ4v) is 7.27. The number of alkyl halides is 1. The number of halogens is 1. The topological polar surface area (TPSA) is 82.5 Å². The molecule has 3 amide bonds. The lowest BCUT2D eigenvalue weighted by Crippen LogP contribution is -2.52. The summed E-state index contributed by atoms with van der Waals surface area (Å²) in [7, 11) is 0. The number of rotatable bonds is 5. The molecule has 37 heavy (non-hydrogen) atoms. The molecule has 8 nitrogen and oxygen atoms in total. The normalized spacial score (nSPS) is 26.5. The quantitative estimate of drug-likeness (QED) is 0.641. The maximum absolute atomic E-state index is 15.2. The predicted molar refractivity (Wildman–Crippen MR) is 140 cm³/mol. The minimum absolute atomic E-state index is 0.222. The third kappa shape index (κ3) is 4.34. The smallest absolute Gasteiger partial charge is 0.328 e. The molecule has 0 aromatic carbocycles. The summed E-state index contributed by atoms with van der Waals surface area (Å²) < 4.78 is 17.6. The van der Waals surface area contributed by atoms with Crippen LogP contribution in [0.1, 0.15) is 75.3 Å². The fraction of sp³-hybridized carbons (Fsp3) is 0.679. The summed E-state index contributed by atoms with van der Waals surface area (Å²) in [5.74, 6) is 0.359. The summed E-state index contributed by atoms with van der Waals surface area (Å²) in [5, 5.41) is 6.84. The van der Waals surface area contributed by atoms with Gasteiger partial charge in [-0.3, -0.25) is 15.0 Å². The number of fused-ring (bicyclic) bond motifs is 1. The first kappa shape index (κ1) is 23.6. The lowest BCUT2D eigenvalue weighted by atomic mass is 9.60. The molecule has 5 fully saturated rings. The second-order valence-corrected chi connectivity index (χ2v) is 12.3. The molecule has 0 radical (unpaired) electrons. The molecular formula is C28H37FN6O2. The van der Waals surface area contributed by atoms with Crippen molar-refractivity contribution >= 4 is 28.7 Å². The zero-order valence-corrected chi connectivity index (χ0v) is 21.5. The number of likely N-dealkylation sites (tertiary alicyclic amines) is 1. The summed E-state index contributed by atoms with van der Waals surface area (Å²) in [6.45, 7) is 4.59. The van der Waals surface area contributed by atoms with Crippen molar-refractivity contribution in [2.75, 3.05) is 44.2 Å². The van der Waals surface area contributed by atoms with Gasteiger partial charge in [-0.05, 0) is 101 Å². The number of hydrogen-bond acceptors (Lipinski definition) is 5. The molecule has 7 rings (SSSR count). The Morgan fingerprint density at radius 2 is 1.81 bits per heavy atom. The number of imide groups is 1. The zero-order chi connectivity index (χ0) is 25.2. The Kier molecular flexibility index (Phi) is 5.59. The highest BCUT2D eigenvalue weighted by atomic mass is 19.1. The van der Waals surface area contributed by atoms with E-state index in [-0.39, 0.29) is 11.9 Å². The van der Waals surface area contributed by atoms with Gasteiger partial charge in [-0.25, -0.2) is 14.2 Å². The van der Waals surface area contributed by atoms with Crippen molar-refractivity contribution in [2.45, 2.75) is 75.4 Å². The molecule has 2 N–H and O–H groups in total. The minimum Gasteiger partial charge on any atom is -0.329 e. The van der Waals surface area contributed by atoms with Crippen LogP contribution in [0.2, 0.25) is 0 Å². The number of urea groups is 1. The Morgan fingerprint density at radius 3 is 2.51 bits per heavy atom. The highest BCUT2D eigenvalue weighted by Crippen LogP contribution is 2.56. The summed E-state index contributed by atoms with van der Waals surface area (Å²) in [5.41, 5.74) is 2.49. The van der Waals surface area contributed by atoms with Crippen molar-refractivity contribution < 1.29 is 14.0 Å². The lowest BCUT2D eigenvalue weighted by molar-refractivity contribution is -0.120. The molecule has 3 saturated heterocycles. The Labute approximate surface area is 216 Å². The van der Waals surface area contributed by atoms with Crippen LogP contribution in [0.5, 0.6) is 0 Å². The number of carbonyl (C=O) groups is 2. The van der Waals surface area contributed by atoms with Gasteiger partial charge >= 0.3 is 6.03 Å². The number of nitrogens with zero attached hydrogens (tertiary/aromatic N) is 4. The van der Waals surface area contributed by atoms with E-state index in [0.29, 0.717) is 49.7 Å². The van der Waals surface area contributed by atoms with E-state index in [1.165, 1.54) is 31.2 Å². The molecule has 3 aliphatic heterocycles. The molecule has 2 aromatic rings. The van der Waals surface area contributed by atoms with E-state index in [9.17, 15) is 9.59 Å². The standard InChI is InChI=1S/C28H37FN6O2/c29-28(4-8-30-9-5-28)18-33-11-6-27(7-12-33)14-21(15-27)35-17-23(19-1-2-19)22-13-20(16-31-25(22)35)34-10-3-24(36)32-26(34)37/h13,16-17,19,21,30H,1-12,14-15,18H2,(H,32,36,37). The average molecular weight is 509 g/mol. The van der Waals surface area contributed by atoms with Gasteiger partial charge in [0.25, 0.3) is 0 Å². The monoisotopic (exact) mass is 508 g/mol. The molecule has 2 saturated carbocycles. The first-order chi connectivity index (χ1) is 17.9. The Bertz CT molecular complexity index is 1220. The van der Waals surface area contributed by atoms with Crippen LogP contribution in [0.15, 0.2) is 18.5 Å². The third-order valence-corrected chi connectivity index (χ3v) is 9.72. The van der Waals surface area contributed by atoms with E-state index in [1.54, 1.807) is 11.1 Å². The van der Waals surface area contributed by atoms with E-state index in [2.05, 4.69) is 32.4 Å². The van der Waals surface area contributed by atoms with Crippen LogP contribution >= 0.6 is 0 Å². The minimum atomic E-state index is -1.02. The first-order valence-corrected chi connectivity index (χ1v) is 14.1. The summed E-state index contributed by atoms with van der Waals surface area (Å²) in [6, 6.07) is 2.19. The molecule has 9 heteroatoms. The Balaban J connectivity index is 1.05. The number of anilines is 1. The van der Waals surface area contributed by atoms with Crippen LogP contribution in [0.25, 0.3) is 11.0 Å². The second kappa shape index (κ2) is 8.76. The number of piperidine rings is 2. The molecule has 2 aliphatic carbocycles. The second-order valence-electron chi connectivity index (χ2n) is 12.3. The number of amides is 3. The fourth-order valence-electron chi connectivity index (χ4n) is 7.27. The van der Waals surface area contributed by atoms with E-state index < -0.39 is 5.67 Å². The van der Waals surface area contributed by atoms with Crippen LogP contribution in [0.4, 0.5) is 14.9 Å². The van der Waals surface area contributed by atoms with Gasteiger partial charge in [0.15, 0.2) is 0 Å². The summed E-state index contributed by atoms with van der Waals surface area (Å²) >= 11 is 0. The number of carbonyl (C=O) groups excluding carboxylic acids is 2. The molecule has 0 bridgehead atoms. The van der Waals surface area contributed by atoms with Crippen LogP contribution in [0, 0.1) is 5.41 Å². The molecule has 5 aliphatic rings. The van der Waals surface area contributed by atoms with Crippen LogP contribution in [0.3, 0.4) is 0 Å². The molecular weight excluding hydrogens is 471 g/mol. The van der Waals surface area contributed by atoms with Gasteiger partial charge in [0.1, 0.15) is 11.3 Å². The van der Waals surface area contributed by atoms with Gasteiger partial charge in [-0.15, -0.1) is 0 Å². The van der Waals surface area contributed by atoms with Crippen molar-refractivity contribution in [3.63, 3.8) is 0 Å². The summed E-state index contributed by atoms with van der Waals surface area (Å²) in [4.78, 5) is 32.8. The van der Waals surface area contributed by atoms with E-state index >= 15 is 4.39 Å². The Hall–Kier alpha value is -2.52. The molecule has 198 valence electrons. The van der Waals surface area contributed by atoms with Gasteiger partial charge in [0, 0.05) is 37.1 Å². The van der Waals surface area contributed by atoms with Crippen molar-refractivity contribution in [1.82, 2.24) is 25.1 Å². The van der Waals surface area contributed by atoms with E-state index in [4.69, 9.17) is 4.98 Å². The van der Waals surface area contributed by atoms with Crippen molar-refractivity contribution in [3.05, 3.63) is 24.0 Å². The SMILES string of the molecule is O=C1CCN(c2cnc3c(c2)c(C2CC2)cn3C2CC3(CCN(CC4(F)CCNCC4)CC3)C2)C(=O)N1. The van der Waals surface area contributed by atoms with Crippen molar-refractivity contribution in [2.24, 2.45) is 5.41 Å². The van der Waals surface area contributed by atoms with Crippen LogP contribution in [-0.2, 0) is 4.79 Å². The van der Waals surface area contributed by atoms with Gasteiger partial charge in [0.2, 0.25) is 5.91 Å². The molecule has 1 spiro atoms. The number of nitrogens with one attached hydrogen (secondary N) is 2. The van der Waals surface area contributed by atoms with Crippen molar-refractivity contribution in [1.29, 1.82) is 0 Å². The van der Waals surface area contributed by atoms with Gasteiger partial charge in [-0.2, -0.15) is 0 Å². The number of aromatic nitrogens is 2. The van der Waals surface area contributed by atoms with Crippen molar-refractivity contribution in [3.8, 4) is 0 Å². The molecule has 0 atom stereocenters. The highest BCUT2D eigenvalue weighted by molar-refractivity contribution is 6.06. The van der Waals surface area contributed by atoms with Crippen LogP contribution < -0.4 is 15.5 Å². The van der Waals surface area contributed by atoms with Gasteiger partial charge in [-0.1, -0.05) is 0 Å². The van der Waals surface area contributed by atoms with E-state index in [1.807, 2.05) is 0 Å². The predicted octanol–water partition coefficient (Wildman–Crippen LogP) is 3.87. The average Bonchev–Trinajstić information content (AvgIpc) is 3.64. The maximum Gasteiger partial charge on any atom is 0.328 e. The summed E-state index contributed by atoms with van der Waals surface area (Å²) in [6.07, 6.45) is 12.8. The van der Waals surface area contributed by atoms with E-state index in [0.717, 1.165) is 55.7 Å². The van der Waals surface area contributed by atoms with Crippen LogP contribution in [-0.4, -0.2) is 71.3 Å². The van der Waals surface area contributed by atoms with Gasteiger partial charge < -0.3 is 14.8 Å². The Morgan fingerprint density at radius 1 is 1.05 bits per heavy atom. The largest absolute Gasteiger partial charge is 0.329 e. The maximum atomic E-state index is 15.2. The molecule has 5 heterocycles. The zero-order valence-electron chi connectivity index (χ0n) is 21.5. The third-order valence-electron chi connectivity index (χ3n) is 9.72. The molecule has 0 unspecified atom stereocenters. The van der Waals surface area contributed by atoms with Gasteiger partial charge in [0.05, 0.1) is 11.9 Å². The lowest BCUT2D eigenvalue weighted by Gasteiger charge is -2.53.